The zero-order valence-electron chi connectivity index (χ0n) is 14.5. The molecule has 0 saturated carbocycles. The normalized spacial score (nSPS) is 26.4. The van der Waals surface area contributed by atoms with Crippen LogP contribution in [0.25, 0.3) is 0 Å². The van der Waals surface area contributed by atoms with Gasteiger partial charge in [-0.1, -0.05) is 36.4 Å². The number of thiocarbonyl (C=S) groups is 1. The number of carbonyl (C=O) groups is 1. The number of hydrogen-bond donors (Lipinski definition) is 1. The molecule has 0 bridgehead atoms. The van der Waals surface area contributed by atoms with Crippen molar-refractivity contribution in [2.45, 2.75) is 17.9 Å². The molecule has 0 aliphatic carbocycles. The van der Waals surface area contributed by atoms with Gasteiger partial charge in [0.2, 0.25) is 0 Å². The number of aliphatic hydroxyl groups is 1. The number of thiophene rings is 1. The molecule has 0 unspecified atom stereocenters. The fourth-order valence-corrected chi connectivity index (χ4v) is 4.44. The third-order valence-electron chi connectivity index (χ3n) is 4.87. The SMILES string of the molecule is CN1C(=S)N(C)[C@](O)(C(F)(F)F)[C@H](C(=O)c2cccs2)[C@H]1c1ccccc1. The van der Waals surface area contributed by atoms with E-state index in [1.807, 2.05) is 0 Å². The third kappa shape index (κ3) is 3.03. The fourth-order valence-electron chi connectivity index (χ4n) is 3.48. The van der Waals surface area contributed by atoms with Gasteiger partial charge in [0.15, 0.2) is 10.9 Å². The largest absolute Gasteiger partial charge is 0.437 e. The number of rotatable bonds is 3. The lowest BCUT2D eigenvalue weighted by molar-refractivity contribution is -0.324. The standard InChI is InChI=1S/C18H17F3N2O2S2/c1-22-14(11-7-4-3-5-8-11)13(15(24)12-9-6-10-27-12)17(25,18(19,20)21)23(2)16(22)26/h3-10,13-14,25H,1-2H3/t13-,14+,17+/m0/s1. The Kier molecular flexibility index (Phi) is 5.04. The highest BCUT2D eigenvalue weighted by Crippen LogP contribution is 2.50. The predicted octanol–water partition coefficient (Wildman–Crippen LogP) is 3.70. The van der Waals surface area contributed by atoms with Crippen LogP contribution >= 0.6 is 23.6 Å². The summed E-state index contributed by atoms with van der Waals surface area (Å²) in [4.78, 5) is 15.3. The minimum absolute atomic E-state index is 0.151. The van der Waals surface area contributed by atoms with Gasteiger partial charge < -0.3 is 14.9 Å². The van der Waals surface area contributed by atoms with Crippen molar-refractivity contribution in [2.24, 2.45) is 5.92 Å². The van der Waals surface area contributed by atoms with E-state index < -0.39 is 29.6 Å². The number of Topliss-reactive ketones (excluding diaryl/α,β-unsaturated/α-hetero) is 1. The Morgan fingerprint density at radius 2 is 1.81 bits per heavy atom. The molecule has 1 aromatic heterocycles. The van der Waals surface area contributed by atoms with Gasteiger partial charge in [0.25, 0.3) is 5.72 Å². The predicted molar refractivity (Wildman–Crippen MR) is 100 cm³/mol. The Hall–Kier alpha value is -1.97. The summed E-state index contributed by atoms with van der Waals surface area (Å²) in [7, 11) is 2.59. The zero-order chi connectivity index (χ0) is 20.0. The molecule has 27 heavy (non-hydrogen) atoms. The molecule has 1 saturated heterocycles. The number of alkyl halides is 3. The number of ketones is 1. The van der Waals surface area contributed by atoms with Crippen LogP contribution in [0.2, 0.25) is 0 Å². The van der Waals surface area contributed by atoms with Gasteiger partial charge in [-0.2, -0.15) is 13.2 Å². The van der Waals surface area contributed by atoms with Crippen LogP contribution in [0.3, 0.4) is 0 Å². The van der Waals surface area contributed by atoms with Crippen LogP contribution in [0.15, 0.2) is 47.8 Å². The second kappa shape index (κ2) is 6.88. The van der Waals surface area contributed by atoms with Crippen molar-refractivity contribution in [3.63, 3.8) is 0 Å². The summed E-state index contributed by atoms with van der Waals surface area (Å²) >= 11 is 6.21. The van der Waals surface area contributed by atoms with E-state index in [1.54, 1.807) is 41.8 Å². The molecule has 3 rings (SSSR count). The second-order valence-electron chi connectivity index (χ2n) is 6.35. The van der Waals surface area contributed by atoms with Gasteiger partial charge in [-0.15, -0.1) is 11.3 Å². The first-order valence-electron chi connectivity index (χ1n) is 8.03. The molecular weight excluding hydrogens is 397 g/mol. The van der Waals surface area contributed by atoms with E-state index in [0.717, 1.165) is 18.4 Å². The molecule has 1 fully saturated rings. The van der Waals surface area contributed by atoms with Crippen LogP contribution in [0.4, 0.5) is 13.2 Å². The quantitative estimate of drug-likeness (QED) is 0.613. The van der Waals surface area contributed by atoms with Crippen LogP contribution < -0.4 is 0 Å². The van der Waals surface area contributed by atoms with E-state index in [1.165, 1.54) is 18.0 Å². The first kappa shape index (κ1) is 19.8. The summed E-state index contributed by atoms with van der Waals surface area (Å²) in [6.07, 6.45) is -5.10. The molecule has 4 nitrogen and oxygen atoms in total. The van der Waals surface area contributed by atoms with E-state index in [9.17, 15) is 23.1 Å². The lowest BCUT2D eigenvalue weighted by Crippen LogP contribution is -2.72. The summed E-state index contributed by atoms with van der Waals surface area (Å²) in [6, 6.07) is 10.3. The van der Waals surface area contributed by atoms with E-state index in [-0.39, 0.29) is 9.99 Å². The van der Waals surface area contributed by atoms with Gasteiger partial charge in [0, 0.05) is 14.1 Å². The van der Waals surface area contributed by atoms with Gasteiger partial charge >= 0.3 is 6.18 Å². The first-order chi connectivity index (χ1) is 12.6. The summed E-state index contributed by atoms with van der Waals surface area (Å²) in [5.74, 6) is -2.60. The highest BCUT2D eigenvalue weighted by molar-refractivity contribution is 7.80. The van der Waals surface area contributed by atoms with Crippen LogP contribution in [-0.2, 0) is 0 Å². The summed E-state index contributed by atoms with van der Waals surface area (Å²) in [5, 5.41) is 12.3. The molecule has 1 aliphatic rings. The van der Waals surface area contributed by atoms with E-state index in [2.05, 4.69) is 0 Å². The minimum atomic E-state index is -5.10. The lowest BCUT2D eigenvalue weighted by atomic mass is 9.77. The second-order valence-corrected chi connectivity index (χ2v) is 7.66. The monoisotopic (exact) mass is 414 g/mol. The van der Waals surface area contributed by atoms with E-state index >= 15 is 0 Å². The van der Waals surface area contributed by atoms with Crippen molar-refractivity contribution in [3.8, 4) is 0 Å². The topological polar surface area (TPSA) is 43.8 Å². The maximum absolute atomic E-state index is 14.1. The highest BCUT2D eigenvalue weighted by Gasteiger charge is 2.69. The Morgan fingerprint density at radius 3 is 2.33 bits per heavy atom. The van der Waals surface area contributed by atoms with Crippen molar-refractivity contribution in [3.05, 3.63) is 58.3 Å². The van der Waals surface area contributed by atoms with Gasteiger partial charge in [-0.25, -0.2) is 0 Å². The average molecular weight is 414 g/mol. The Bertz CT molecular complexity index is 842. The molecular formula is C18H17F3N2O2S2. The number of hydrogen-bond acceptors (Lipinski definition) is 4. The summed E-state index contributed by atoms with van der Waals surface area (Å²) in [6.45, 7) is 0. The summed E-state index contributed by atoms with van der Waals surface area (Å²) < 4.78 is 42.3. The van der Waals surface area contributed by atoms with Crippen molar-refractivity contribution in [1.82, 2.24) is 9.80 Å². The van der Waals surface area contributed by atoms with Crippen LogP contribution in [0, 0.1) is 5.92 Å². The van der Waals surface area contributed by atoms with Gasteiger partial charge in [0.1, 0.15) is 5.92 Å². The summed E-state index contributed by atoms with van der Waals surface area (Å²) in [5.41, 5.74) is -2.97. The molecule has 0 amide bonds. The third-order valence-corrected chi connectivity index (χ3v) is 6.32. The average Bonchev–Trinajstić information content (AvgIpc) is 3.16. The molecule has 3 atom stereocenters. The molecule has 144 valence electrons. The Labute approximate surface area is 163 Å². The van der Waals surface area contributed by atoms with Crippen molar-refractivity contribution >= 4 is 34.5 Å². The number of benzene rings is 1. The zero-order valence-corrected chi connectivity index (χ0v) is 16.1. The number of nitrogens with zero attached hydrogens (tertiary/aromatic N) is 2. The van der Waals surface area contributed by atoms with Crippen LogP contribution in [0.1, 0.15) is 21.3 Å². The molecule has 2 heterocycles. The lowest BCUT2D eigenvalue weighted by Gasteiger charge is -2.54. The van der Waals surface area contributed by atoms with Crippen molar-refractivity contribution in [2.75, 3.05) is 14.1 Å². The number of carbonyl (C=O) groups excluding carboxylic acids is 1. The van der Waals surface area contributed by atoms with E-state index in [4.69, 9.17) is 12.2 Å². The molecule has 1 N–H and O–H groups in total. The highest BCUT2D eigenvalue weighted by atomic mass is 32.1. The van der Waals surface area contributed by atoms with Crippen molar-refractivity contribution < 1.29 is 23.1 Å². The Balaban J connectivity index is 2.25. The molecule has 1 aliphatic heterocycles. The minimum Gasteiger partial charge on any atom is -0.363 e. The van der Waals surface area contributed by atoms with Crippen LogP contribution in [-0.4, -0.2) is 51.8 Å². The van der Waals surface area contributed by atoms with Gasteiger partial charge in [0.05, 0.1) is 10.9 Å². The van der Waals surface area contributed by atoms with E-state index in [0.29, 0.717) is 10.5 Å². The van der Waals surface area contributed by atoms with Crippen molar-refractivity contribution in [1.29, 1.82) is 0 Å². The van der Waals surface area contributed by atoms with Gasteiger partial charge in [-0.3, -0.25) is 4.79 Å². The van der Waals surface area contributed by atoms with Crippen LogP contribution in [0.5, 0.6) is 0 Å². The fraction of sp³-hybridized carbons (Fsp3) is 0.333. The molecule has 0 spiro atoms. The first-order valence-corrected chi connectivity index (χ1v) is 9.32. The van der Waals surface area contributed by atoms with Gasteiger partial charge in [-0.05, 0) is 29.2 Å². The molecule has 2 aromatic rings. The molecule has 1 aromatic carbocycles. The maximum atomic E-state index is 14.1. The maximum Gasteiger partial charge on any atom is 0.437 e. The molecule has 0 radical (unpaired) electrons. The number of halogens is 3. The smallest absolute Gasteiger partial charge is 0.363 e. The molecule has 9 heteroatoms. The Morgan fingerprint density at radius 1 is 1.19 bits per heavy atom.